The summed E-state index contributed by atoms with van der Waals surface area (Å²) in [6.45, 7) is 1.86. The molecule has 112 valence electrons. The zero-order valence-electron chi connectivity index (χ0n) is 12.2. The van der Waals surface area contributed by atoms with Crippen LogP contribution >= 0.6 is 11.3 Å². The van der Waals surface area contributed by atoms with Crippen LogP contribution in [0, 0.1) is 0 Å². The summed E-state index contributed by atoms with van der Waals surface area (Å²) in [7, 11) is 0. The maximum atomic E-state index is 12.6. The second kappa shape index (κ2) is 5.89. The predicted molar refractivity (Wildman–Crippen MR) is 86.1 cm³/mol. The first kappa shape index (κ1) is 14.7. The van der Waals surface area contributed by atoms with Crippen molar-refractivity contribution < 1.29 is 14.3 Å². The Hall–Kier alpha value is -2.20. The second-order valence-electron chi connectivity index (χ2n) is 5.50. The van der Waals surface area contributed by atoms with Crippen LogP contribution in [-0.4, -0.2) is 17.4 Å². The SMILES string of the molecule is C[C@]1([C@@H](CC(=O)c2ccccc2)c2cccs2)C=CC(=O)O1. The highest BCUT2D eigenvalue weighted by atomic mass is 32.1. The highest BCUT2D eigenvalue weighted by Gasteiger charge is 2.41. The fourth-order valence-corrected chi connectivity index (χ4v) is 3.66. The average molecular weight is 312 g/mol. The monoisotopic (exact) mass is 312 g/mol. The molecule has 0 fully saturated rings. The largest absolute Gasteiger partial charge is 0.451 e. The lowest BCUT2D eigenvalue weighted by atomic mass is 9.83. The Morgan fingerprint density at radius 1 is 1.23 bits per heavy atom. The molecule has 0 unspecified atom stereocenters. The van der Waals surface area contributed by atoms with E-state index in [0.29, 0.717) is 12.0 Å². The Bertz CT molecular complexity index is 703. The number of carbonyl (C=O) groups is 2. The number of Topliss-reactive ketones (excluding diaryl/α,β-unsaturated/α-hetero) is 1. The van der Waals surface area contributed by atoms with Crippen molar-refractivity contribution in [2.75, 3.05) is 0 Å². The van der Waals surface area contributed by atoms with Crippen molar-refractivity contribution in [3.63, 3.8) is 0 Å². The first-order valence-electron chi connectivity index (χ1n) is 7.12. The normalized spacial score (nSPS) is 21.6. The van der Waals surface area contributed by atoms with Gasteiger partial charge in [-0.25, -0.2) is 4.79 Å². The van der Waals surface area contributed by atoms with Gasteiger partial charge in [-0.1, -0.05) is 36.4 Å². The summed E-state index contributed by atoms with van der Waals surface area (Å²) in [6, 6.07) is 13.1. The Balaban J connectivity index is 1.89. The number of hydrogen-bond acceptors (Lipinski definition) is 4. The van der Waals surface area contributed by atoms with Gasteiger partial charge in [-0.05, 0) is 24.4 Å². The van der Waals surface area contributed by atoms with Gasteiger partial charge in [0.05, 0.1) is 0 Å². The van der Waals surface area contributed by atoms with Crippen LogP contribution in [0.25, 0.3) is 0 Å². The molecule has 1 aliphatic heterocycles. The van der Waals surface area contributed by atoms with E-state index < -0.39 is 5.60 Å². The quantitative estimate of drug-likeness (QED) is 0.619. The predicted octanol–water partition coefficient (Wildman–Crippen LogP) is 3.98. The van der Waals surface area contributed by atoms with Crippen molar-refractivity contribution >= 4 is 23.1 Å². The molecule has 2 aromatic rings. The standard InChI is InChI=1S/C18H16O3S/c1-18(10-9-17(20)21-18)14(16-8-5-11-22-16)12-15(19)13-6-3-2-4-7-13/h2-11,14H,12H2,1H3/t14-,18+/m0/s1. The van der Waals surface area contributed by atoms with Gasteiger partial charge in [-0.15, -0.1) is 11.3 Å². The molecule has 2 heterocycles. The third kappa shape index (κ3) is 2.88. The van der Waals surface area contributed by atoms with Crippen molar-refractivity contribution in [2.24, 2.45) is 0 Å². The van der Waals surface area contributed by atoms with Crippen LogP contribution in [0.5, 0.6) is 0 Å². The summed E-state index contributed by atoms with van der Waals surface area (Å²) in [5.41, 5.74) is -0.0900. The average Bonchev–Trinajstić information content (AvgIpc) is 3.16. The molecule has 1 aromatic heterocycles. The molecule has 0 radical (unpaired) electrons. The van der Waals surface area contributed by atoms with E-state index in [9.17, 15) is 9.59 Å². The smallest absolute Gasteiger partial charge is 0.331 e. The molecular formula is C18H16O3S. The van der Waals surface area contributed by atoms with Gasteiger partial charge in [0, 0.05) is 28.9 Å². The van der Waals surface area contributed by atoms with E-state index in [1.54, 1.807) is 17.4 Å². The minimum atomic E-state index is -0.771. The summed E-state index contributed by atoms with van der Waals surface area (Å²) in [5.74, 6) is -0.476. The summed E-state index contributed by atoms with van der Waals surface area (Å²) >= 11 is 1.58. The Morgan fingerprint density at radius 2 is 2.00 bits per heavy atom. The highest BCUT2D eigenvalue weighted by molar-refractivity contribution is 7.10. The molecule has 0 amide bonds. The minimum Gasteiger partial charge on any atom is -0.451 e. The third-order valence-corrected chi connectivity index (χ3v) is 4.92. The molecule has 2 atom stereocenters. The molecule has 0 N–H and O–H groups in total. The summed E-state index contributed by atoms with van der Waals surface area (Å²) in [4.78, 5) is 25.1. The van der Waals surface area contributed by atoms with Crippen molar-refractivity contribution in [3.05, 3.63) is 70.4 Å². The number of ether oxygens (including phenoxy) is 1. The number of ketones is 1. The van der Waals surface area contributed by atoms with E-state index in [1.165, 1.54) is 6.08 Å². The van der Waals surface area contributed by atoms with E-state index in [4.69, 9.17) is 4.74 Å². The van der Waals surface area contributed by atoms with Gasteiger partial charge < -0.3 is 4.74 Å². The number of hydrogen-bond donors (Lipinski definition) is 0. The number of esters is 1. The minimum absolute atomic E-state index is 0.0524. The van der Waals surface area contributed by atoms with E-state index in [1.807, 2.05) is 54.8 Å². The highest BCUT2D eigenvalue weighted by Crippen LogP contribution is 2.40. The van der Waals surface area contributed by atoms with Crippen LogP contribution in [-0.2, 0) is 9.53 Å². The molecule has 3 nitrogen and oxygen atoms in total. The van der Waals surface area contributed by atoms with Crippen LogP contribution in [0.3, 0.4) is 0 Å². The van der Waals surface area contributed by atoms with Crippen LogP contribution in [0.1, 0.15) is 34.5 Å². The van der Waals surface area contributed by atoms with Crippen molar-refractivity contribution in [3.8, 4) is 0 Å². The summed E-state index contributed by atoms with van der Waals surface area (Å²) in [6.07, 6.45) is 3.50. The van der Waals surface area contributed by atoms with Gasteiger partial charge in [0.15, 0.2) is 5.78 Å². The molecule has 0 saturated carbocycles. The van der Waals surface area contributed by atoms with Crippen molar-refractivity contribution in [1.82, 2.24) is 0 Å². The molecule has 22 heavy (non-hydrogen) atoms. The van der Waals surface area contributed by atoms with Gasteiger partial charge in [0.25, 0.3) is 0 Å². The number of thiophene rings is 1. The summed E-state index contributed by atoms with van der Waals surface area (Å²) < 4.78 is 5.48. The van der Waals surface area contributed by atoms with Crippen molar-refractivity contribution in [2.45, 2.75) is 24.9 Å². The number of rotatable bonds is 5. The van der Waals surface area contributed by atoms with E-state index in [2.05, 4.69) is 0 Å². The van der Waals surface area contributed by atoms with Gasteiger partial charge in [-0.2, -0.15) is 0 Å². The van der Waals surface area contributed by atoms with Gasteiger partial charge >= 0.3 is 5.97 Å². The number of carbonyl (C=O) groups excluding carboxylic acids is 2. The number of cyclic esters (lactones) is 1. The van der Waals surface area contributed by atoms with E-state index >= 15 is 0 Å². The van der Waals surface area contributed by atoms with Gasteiger partial charge in [0.2, 0.25) is 0 Å². The lowest BCUT2D eigenvalue weighted by Crippen LogP contribution is -2.33. The molecular weight excluding hydrogens is 296 g/mol. The maximum Gasteiger partial charge on any atom is 0.331 e. The van der Waals surface area contributed by atoms with Crippen LogP contribution in [0.4, 0.5) is 0 Å². The lowest BCUT2D eigenvalue weighted by molar-refractivity contribution is -0.145. The lowest BCUT2D eigenvalue weighted by Gasteiger charge is -2.30. The Morgan fingerprint density at radius 3 is 2.59 bits per heavy atom. The van der Waals surface area contributed by atoms with Gasteiger partial charge in [-0.3, -0.25) is 4.79 Å². The zero-order valence-corrected chi connectivity index (χ0v) is 13.0. The first-order valence-corrected chi connectivity index (χ1v) is 8.00. The molecule has 0 saturated heterocycles. The Labute approximate surface area is 133 Å². The molecule has 1 aromatic carbocycles. The molecule has 0 spiro atoms. The summed E-state index contributed by atoms with van der Waals surface area (Å²) in [5, 5.41) is 1.97. The second-order valence-corrected chi connectivity index (χ2v) is 6.48. The fraction of sp³-hybridized carbons (Fsp3) is 0.222. The zero-order chi connectivity index (χ0) is 15.6. The molecule has 0 bridgehead atoms. The fourth-order valence-electron chi connectivity index (χ4n) is 2.71. The molecule has 4 heteroatoms. The van der Waals surface area contributed by atoms with E-state index in [-0.39, 0.29) is 17.7 Å². The van der Waals surface area contributed by atoms with Crippen LogP contribution < -0.4 is 0 Å². The van der Waals surface area contributed by atoms with Crippen molar-refractivity contribution in [1.29, 1.82) is 0 Å². The molecule has 1 aliphatic rings. The third-order valence-electron chi connectivity index (χ3n) is 3.93. The maximum absolute atomic E-state index is 12.6. The molecule has 0 aliphatic carbocycles. The molecule has 3 rings (SSSR count). The topological polar surface area (TPSA) is 43.4 Å². The number of benzene rings is 1. The van der Waals surface area contributed by atoms with Gasteiger partial charge in [0.1, 0.15) is 5.60 Å². The van der Waals surface area contributed by atoms with Crippen LogP contribution in [0.2, 0.25) is 0 Å². The van der Waals surface area contributed by atoms with Crippen LogP contribution in [0.15, 0.2) is 60.0 Å². The first-order chi connectivity index (χ1) is 10.6. The van der Waals surface area contributed by atoms with E-state index in [0.717, 1.165) is 4.88 Å². The Kier molecular flexibility index (Phi) is 3.94.